The molecule has 4 rings (SSSR count). The fourth-order valence-electron chi connectivity index (χ4n) is 3.54. The van der Waals surface area contributed by atoms with Gasteiger partial charge in [0.15, 0.2) is 5.82 Å². The number of alkyl halides is 3. The molecule has 3 heterocycles. The molecule has 1 fully saturated rings. The second-order valence-corrected chi connectivity index (χ2v) is 7.95. The number of pyridine rings is 2. The first-order chi connectivity index (χ1) is 17.1. The Balaban J connectivity index is 0.00000176. The molecule has 3 aromatic heterocycles. The fourth-order valence-corrected chi connectivity index (χ4v) is 3.54. The summed E-state index contributed by atoms with van der Waals surface area (Å²) >= 11 is 0. The van der Waals surface area contributed by atoms with Gasteiger partial charge in [-0.2, -0.15) is 18.3 Å². The van der Waals surface area contributed by atoms with E-state index in [2.05, 4.69) is 20.4 Å². The third-order valence-electron chi connectivity index (χ3n) is 5.43. The van der Waals surface area contributed by atoms with Crippen molar-refractivity contribution in [1.82, 2.24) is 25.1 Å². The van der Waals surface area contributed by atoms with Crippen LogP contribution in [0.1, 0.15) is 51.0 Å². The maximum atomic E-state index is 13.6. The average molecular weight is 506 g/mol. The monoisotopic (exact) mass is 505 g/mol. The van der Waals surface area contributed by atoms with Crippen LogP contribution in [0.4, 0.5) is 24.7 Å². The van der Waals surface area contributed by atoms with Gasteiger partial charge in [0.25, 0.3) is 0 Å². The number of carbonyl (C=O) groups excluding carboxylic acids is 1. The minimum Gasteiger partial charge on any atom is -0.378 e. The van der Waals surface area contributed by atoms with Gasteiger partial charge in [-0.15, -0.1) is 0 Å². The molecule has 0 radical (unpaired) electrons. The van der Waals surface area contributed by atoms with E-state index in [4.69, 9.17) is 5.73 Å². The number of anilines is 1. The molecule has 0 saturated heterocycles. The summed E-state index contributed by atoms with van der Waals surface area (Å²) in [5, 5.41) is 18.1. The predicted molar refractivity (Wildman–Crippen MR) is 126 cm³/mol. The zero-order valence-corrected chi connectivity index (χ0v) is 19.7. The number of hydrogen-bond donors (Lipinski definition) is 2. The van der Waals surface area contributed by atoms with E-state index in [1.165, 1.54) is 41.5 Å². The molecule has 3 N–H and O–H groups in total. The SMILES string of the molecule is CC.Nc1nccc(-c2cnn(-c3ccc(C(CCC(=O)NC4CC4)C(F)(F)F)cn3)c2)c1[N+](=O)[O-]. The second kappa shape index (κ2) is 11.1. The molecule has 0 aromatic carbocycles. The van der Waals surface area contributed by atoms with Gasteiger partial charge in [-0.3, -0.25) is 14.9 Å². The lowest BCUT2D eigenvalue weighted by Crippen LogP contribution is -2.28. The molecule has 3 aromatic rings. The highest BCUT2D eigenvalue weighted by Gasteiger charge is 2.41. The number of nitrogens with one attached hydrogen (secondary N) is 1. The number of halogens is 3. The zero-order chi connectivity index (χ0) is 26.5. The Morgan fingerprint density at radius 1 is 1.25 bits per heavy atom. The quantitative estimate of drug-likeness (QED) is 0.338. The number of nitrogens with zero attached hydrogens (tertiary/aromatic N) is 5. The molecular weight excluding hydrogens is 479 g/mol. The molecule has 1 amide bonds. The molecule has 1 atom stereocenters. The predicted octanol–water partition coefficient (Wildman–Crippen LogP) is 4.55. The van der Waals surface area contributed by atoms with Gasteiger partial charge in [0, 0.05) is 36.6 Å². The summed E-state index contributed by atoms with van der Waals surface area (Å²) in [7, 11) is 0. The lowest BCUT2D eigenvalue weighted by Gasteiger charge is -2.20. The summed E-state index contributed by atoms with van der Waals surface area (Å²) in [5.74, 6) is -2.26. The highest BCUT2D eigenvalue weighted by molar-refractivity contribution is 5.78. The third-order valence-corrected chi connectivity index (χ3v) is 5.43. The van der Waals surface area contributed by atoms with Crippen LogP contribution in [0.3, 0.4) is 0 Å². The van der Waals surface area contributed by atoms with Crippen LogP contribution in [-0.2, 0) is 4.79 Å². The van der Waals surface area contributed by atoms with E-state index in [9.17, 15) is 28.1 Å². The van der Waals surface area contributed by atoms with Gasteiger partial charge in [-0.05, 0) is 37.0 Å². The van der Waals surface area contributed by atoms with Crippen LogP contribution < -0.4 is 11.1 Å². The Labute approximate surface area is 204 Å². The first-order valence-corrected chi connectivity index (χ1v) is 11.4. The molecule has 0 spiro atoms. The number of hydrogen-bond acceptors (Lipinski definition) is 7. The maximum absolute atomic E-state index is 13.6. The molecular formula is C23H26F3N7O3. The lowest BCUT2D eigenvalue weighted by atomic mass is 9.94. The van der Waals surface area contributed by atoms with E-state index >= 15 is 0 Å². The van der Waals surface area contributed by atoms with Crippen molar-refractivity contribution >= 4 is 17.4 Å². The summed E-state index contributed by atoms with van der Waals surface area (Å²) < 4.78 is 42.2. The highest BCUT2D eigenvalue weighted by atomic mass is 19.4. The standard InChI is InChI=1S/C21H20F3N7O3.C2H6/c22-21(23,24)16(4-6-18(32)29-14-2-3-14)12-1-5-17(27-9-12)30-11-13(10-28-30)15-7-8-26-20(25)19(15)31(33)34;1-2/h1,5,7-11,14,16H,2-4,6H2,(H2,25,26)(H,29,32);1-2H3. The molecule has 1 unspecified atom stereocenters. The Hall–Kier alpha value is -4.03. The molecule has 36 heavy (non-hydrogen) atoms. The van der Waals surface area contributed by atoms with Crippen molar-refractivity contribution in [3.05, 3.63) is 58.7 Å². The third kappa shape index (κ3) is 6.34. The van der Waals surface area contributed by atoms with Gasteiger partial charge in [-0.1, -0.05) is 19.9 Å². The van der Waals surface area contributed by atoms with Crippen molar-refractivity contribution in [3.63, 3.8) is 0 Å². The van der Waals surface area contributed by atoms with Crippen LogP contribution >= 0.6 is 0 Å². The number of nitro groups is 1. The number of aromatic nitrogens is 4. The number of amides is 1. The lowest BCUT2D eigenvalue weighted by molar-refractivity contribution is -0.383. The maximum Gasteiger partial charge on any atom is 0.395 e. The van der Waals surface area contributed by atoms with Crippen LogP contribution in [0, 0.1) is 10.1 Å². The van der Waals surface area contributed by atoms with E-state index in [1.807, 2.05) is 13.8 Å². The Morgan fingerprint density at radius 2 is 1.97 bits per heavy atom. The largest absolute Gasteiger partial charge is 0.395 e. The molecule has 192 valence electrons. The molecule has 0 bridgehead atoms. The van der Waals surface area contributed by atoms with Gasteiger partial charge in [0.05, 0.1) is 22.6 Å². The summed E-state index contributed by atoms with van der Waals surface area (Å²) in [6.45, 7) is 4.00. The van der Waals surface area contributed by atoms with Crippen molar-refractivity contribution in [2.75, 3.05) is 5.73 Å². The second-order valence-electron chi connectivity index (χ2n) is 7.95. The zero-order valence-electron chi connectivity index (χ0n) is 19.7. The van der Waals surface area contributed by atoms with Gasteiger partial charge in [0.2, 0.25) is 11.7 Å². The summed E-state index contributed by atoms with van der Waals surface area (Å²) in [6, 6.07) is 4.15. The molecule has 13 heteroatoms. The van der Waals surface area contributed by atoms with Crippen molar-refractivity contribution < 1.29 is 22.9 Å². The smallest absolute Gasteiger partial charge is 0.378 e. The van der Waals surface area contributed by atoms with Crippen molar-refractivity contribution in [3.8, 4) is 16.9 Å². The van der Waals surface area contributed by atoms with Crippen LogP contribution in [0.2, 0.25) is 0 Å². The highest BCUT2D eigenvalue weighted by Crippen LogP contribution is 2.38. The van der Waals surface area contributed by atoms with E-state index in [1.54, 1.807) is 0 Å². The van der Waals surface area contributed by atoms with Crippen molar-refractivity contribution in [2.45, 2.75) is 57.7 Å². The van der Waals surface area contributed by atoms with E-state index in [-0.39, 0.29) is 47.3 Å². The van der Waals surface area contributed by atoms with Crippen LogP contribution in [0.15, 0.2) is 43.0 Å². The van der Waals surface area contributed by atoms with E-state index < -0.39 is 22.9 Å². The summed E-state index contributed by atoms with van der Waals surface area (Å²) in [4.78, 5) is 30.3. The minimum atomic E-state index is -4.54. The first-order valence-electron chi connectivity index (χ1n) is 11.4. The molecule has 1 saturated carbocycles. The van der Waals surface area contributed by atoms with Crippen molar-refractivity contribution in [2.24, 2.45) is 0 Å². The average Bonchev–Trinajstić information content (AvgIpc) is 3.51. The van der Waals surface area contributed by atoms with Gasteiger partial charge in [0.1, 0.15) is 0 Å². The van der Waals surface area contributed by atoms with Gasteiger partial charge >= 0.3 is 11.9 Å². The number of rotatable bonds is 8. The molecule has 1 aliphatic carbocycles. The van der Waals surface area contributed by atoms with Crippen molar-refractivity contribution in [1.29, 1.82) is 0 Å². The normalized spacial score (nSPS) is 13.9. The van der Waals surface area contributed by atoms with Crippen LogP contribution in [0.5, 0.6) is 0 Å². The molecule has 1 aliphatic rings. The van der Waals surface area contributed by atoms with Crippen LogP contribution in [0.25, 0.3) is 16.9 Å². The minimum absolute atomic E-state index is 0.0691. The van der Waals surface area contributed by atoms with E-state index in [0.29, 0.717) is 5.56 Å². The van der Waals surface area contributed by atoms with Gasteiger partial charge < -0.3 is 11.1 Å². The summed E-state index contributed by atoms with van der Waals surface area (Å²) in [6.07, 6.45) is 1.78. The van der Waals surface area contributed by atoms with Crippen LogP contribution in [-0.4, -0.2) is 42.8 Å². The molecule has 0 aliphatic heterocycles. The Bertz CT molecular complexity index is 1210. The number of nitrogens with two attached hydrogens (primary N) is 1. The number of carbonyl (C=O) groups is 1. The first kappa shape index (κ1) is 26.6. The topological polar surface area (TPSA) is 142 Å². The van der Waals surface area contributed by atoms with E-state index in [0.717, 1.165) is 19.0 Å². The Morgan fingerprint density at radius 3 is 2.56 bits per heavy atom. The van der Waals surface area contributed by atoms with Gasteiger partial charge in [-0.25, -0.2) is 14.6 Å². The Kier molecular flexibility index (Phi) is 8.22. The fraction of sp³-hybridized carbons (Fsp3) is 0.391. The summed E-state index contributed by atoms with van der Waals surface area (Å²) in [5.41, 5.74) is 5.74. The molecule has 10 nitrogen and oxygen atoms in total. The number of nitrogen functional groups attached to an aromatic ring is 1.